The Bertz CT molecular complexity index is 715. The molecule has 3 rings (SSSR count). The molecule has 27 heavy (non-hydrogen) atoms. The number of methoxy groups -OCH3 is 1. The van der Waals surface area contributed by atoms with Crippen LogP contribution in [0.3, 0.4) is 0 Å². The fourth-order valence-electron chi connectivity index (χ4n) is 2.99. The van der Waals surface area contributed by atoms with Crippen molar-refractivity contribution < 1.29 is 19.0 Å². The molecule has 144 valence electrons. The lowest BCUT2D eigenvalue weighted by atomic mass is 10.1. The van der Waals surface area contributed by atoms with Gasteiger partial charge in [0.25, 0.3) is 0 Å². The molecule has 1 N–H and O–H groups in total. The number of nitrogens with one attached hydrogen (secondary N) is 1. The van der Waals surface area contributed by atoms with Gasteiger partial charge in [-0.25, -0.2) is 4.79 Å². The van der Waals surface area contributed by atoms with Gasteiger partial charge in [0.1, 0.15) is 24.2 Å². The van der Waals surface area contributed by atoms with Crippen LogP contribution in [-0.4, -0.2) is 50.4 Å². The van der Waals surface area contributed by atoms with Crippen LogP contribution in [0, 0.1) is 0 Å². The summed E-state index contributed by atoms with van der Waals surface area (Å²) in [5, 5.41) is 2.95. The first-order valence-corrected chi connectivity index (χ1v) is 9.24. The van der Waals surface area contributed by atoms with Crippen LogP contribution in [0.15, 0.2) is 54.6 Å². The highest BCUT2D eigenvalue weighted by Crippen LogP contribution is 2.25. The normalized spacial score (nSPS) is 14.6. The first-order chi connectivity index (χ1) is 13.3. The molecule has 1 heterocycles. The lowest BCUT2D eigenvalue weighted by molar-refractivity contribution is 0.115. The number of hydrogen-bond acceptors (Lipinski definition) is 4. The minimum absolute atomic E-state index is 0.115. The van der Waals surface area contributed by atoms with Gasteiger partial charge in [0.15, 0.2) is 0 Å². The molecule has 0 atom stereocenters. The lowest BCUT2D eigenvalue weighted by Crippen LogP contribution is -2.43. The van der Waals surface area contributed by atoms with Crippen LogP contribution >= 0.6 is 0 Å². The van der Waals surface area contributed by atoms with Crippen LogP contribution in [0.25, 0.3) is 0 Å². The number of ether oxygens (including phenoxy) is 3. The summed E-state index contributed by atoms with van der Waals surface area (Å²) in [6.07, 6.45) is 1.77. The second-order valence-corrected chi connectivity index (χ2v) is 6.38. The molecular weight excluding hydrogens is 344 g/mol. The second-order valence-electron chi connectivity index (χ2n) is 6.38. The van der Waals surface area contributed by atoms with Crippen molar-refractivity contribution in [1.82, 2.24) is 4.90 Å². The Balaban J connectivity index is 1.50. The van der Waals surface area contributed by atoms with E-state index in [0.717, 1.165) is 18.6 Å². The summed E-state index contributed by atoms with van der Waals surface area (Å²) >= 11 is 0. The fraction of sp³-hybridized carbons (Fsp3) is 0.381. The van der Waals surface area contributed by atoms with E-state index in [0.29, 0.717) is 37.7 Å². The van der Waals surface area contributed by atoms with Gasteiger partial charge in [0.2, 0.25) is 0 Å². The van der Waals surface area contributed by atoms with E-state index in [9.17, 15) is 4.79 Å². The monoisotopic (exact) mass is 370 g/mol. The Hall–Kier alpha value is -2.73. The van der Waals surface area contributed by atoms with Crippen molar-refractivity contribution in [2.75, 3.05) is 38.7 Å². The summed E-state index contributed by atoms with van der Waals surface area (Å²) in [7, 11) is 1.63. The summed E-state index contributed by atoms with van der Waals surface area (Å²) < 4.78 is 16.7. The topological polar surface area (TPSA) is 60.0 Å². The number of anilines is 1. The van der Waals surface area contributed by atoms with E-state index in [1.54, 1.807) is 7.11 Å². The van der Waals surface area contributed by atoms with E-state index in [1.807, 2.05) is 59.5 Å². The fourth-order valence-corrected chi connectivity index (χ4v) is 2.99. The minimum Gasteiger partial charge on any atom is -0.490 e. The van der Waals surface area contributed by atoms with Gasteiger partial charge in [-0.3, -0.25) is 0 Å². The molecule has 1 saturated heterocycles. The van der Waals surface area contributed by atoms with Crippen molar-refractivity contribution in [3.8, 4) is 11.5 Å². The summed E-state index contributed by atoms with van der Waals surface area (Å²) in [5.74, 6) is 1.52. The van der Waals surface area contributed by atoms with Gasteiger partial charge in [0, 0.05) is 33.0 Å². The number of nitrogens with zero attached hydrogens (tertiary/aromatic N) is 1. The number of amides is 2. The molecule has 0 unspecified atom stereocenters. The second kappa shape index (κ2) is 9.83. The van der Waals surface area contributed by atoms with E-state index >= 15 is 0 Å². The van der Waals surface area contributed by atoms with Gasteiger partial charge in [-0.2, -0.15) is 0 Å². The number of para-hydroxylation sites is 3. The summed E-state index contributed by atoms with van der Waals surface area (Å²) in [6.45, 7) is 2.26. The zero-order valence-electron chi connectivity index (χ0n) is 15.6. The third-order valence-electron chi connectivity index (χ3n) is 4.45. The third-order valence-corrected chi connectivity index (χ3v) is 4.45. The van der Waals surface area contributed by atoms with Gasteiger partial charge >= 0.3 is 6.03 Å². The molecule has 0 bridgehead atoms. The van der Waals surface area contributed by atoms with E-state index in [1.165, 1.54) is 0 Å². The number of carbonyl (C=O) groups excluding carboxylic acids is 1. The highest BCUT2D eigenvalue weighted by molar-refractivity contribution is 5.91. The Labute approximate surface area is 160 Å². The number of hydrogen-bond donors (Lipinski definition) is 1. The zero-order valence-corrected chi connectivity index (χ0v) is 15.6. The first-order valence-electron chi connectivity index (χ1n) is 9.24. The molecule has 2 amide bonds. The van der Waals surface area contributed by atoms with Crippen molar-refractivity contribution in [2.45, 2.75) is 18.9 Å². The zero-order chi connectivity index (χ0) is 18.9. The van der Waals surface area contributed by atoms with Crippen LogP contribution in [0.4, 0.5) is 10.5 Å². The number of carbonyl (C=O) groups is 1. The van der Waals surface area contributed by atoms with Gasteiger partial charge in [0.05, 0.1) is 12.3 Å². The molecule has 6 heteroatoms. The van der Waals surface area contributed by atoms with Crippen LogP contribution in [0.1, 0.15) is 12.8 Å². The van der Waals surface area contributed by atoms with Gasteiger partial charge in [-0.15, -0.1) is 0 Å². The van der Waals surface area contributed by atoms with Crippen molar-refractivity contribution >= 4 is 11.7 Å². The van der Waals surface area contributed by atoms with E-state index in [2.05, 4.69) is 5.32 Å². The summed E-state index contributed by atoms with van der Waals surface area (Å²) in [5.41, 5.74) is 0.668. The molecular formula is C21H26N2O4. The van der Waals surface area contributed by atoms with E-state index in [4.69, 9.17) is 14.2 Å². The van der Waals surface area contributed by atoms with Crippen LogP contribution in [0.2, 0.25) is 0 Å². The molecule has 2 aromatic carbocycles. The average Bonchev–Trinajstić information content (AvgIpc) is 2.71. The largest absolute Gasteiger partial charge is 0.490 e. The standard InChI is InChI=1S/C21H26N2O4/c1-25-15-16-26-20-10-6-5-9-19(20)22-21(24)23-13-11-18(12-14-23)27-17-7-3-2-4-8-17/h2-10,18H,11-16H2,1H3,(H,22,24). The number of piperidine rings is 1. The molecule has 1 aliphatic rings. The maximum absolute atomic E-state index is 12.6. The van der Waals surface area contributed by atoms with Gasteiger partial charge < -0.3 is 24.4 Å². The molecule has 0 aliphatic carbocycles. The predicted octanol–water partition coefficient (Wildman–Crippen LogP) is 3.79. The number of likely N-dealkylation sites (tertiary alicyclic amines) is 1. The highest BCUT2D eigenvalue weighted by Gasteiger charge is 2.24. The third kappa shape index (κ3) is 5.62. The predicted molar refractivity (Wildman–Crippen MR) is 104 cm³/mol. The van der Waals surface area contributed by atoms with Crippen molar-refractivity contribution in [3.05, 3.63) is 54.6 Å². The molecule has 0 aromatic heterocycles. The smallest absolute Gasteiger partial charge is 0.321 e. The maximum Gasteiger partial charge on any atom is 0.321 e. The Kier molecular flexibility index (Phi) is 6.93. The molecule has 1 fully saturated rings. The van der Waals surface area contributed by atoms with Crippen molar-refractivity contribution in [2.24, 2.45) is 0 Å². The van der Waals surface area contributed by atoms with Crippen molar-refractivity contribution in [1.29, 1.82) is 0 Å². The minimum atomic E-state index is -0.115. The highest BCUT2D eigenvalue weighted by atomic mass is 16.5. The lowest BCUT2D eigenvalue weighted by Gasteiger charge is -2.32. The molecule has 0 saturated carbocycles. The summed E-state index contributed by atoms with van der Waals surface area (Å²) in [6, 6.07) is 17.1. The molecule has 6 nitrogen and oxygen atoms in total. The average molecular weight is 370 g/mol. The van der Waals surface area contributed by atoms with E-state index in [-0.39, 0.29) is 12.1 Å². The van der Waals surface area contributed by atoms with Crippen LogP contribution in [-0.2, 0) is 4.74 Å². The first kappa shape index (κ1) is 19.0. The van der Waals surface area contributed by atoms with Crippen LogP contribution < -0.4 is 14.8 Å². The Morgan fingerprint density at radius 3 is 2.48 bits per heavy atom. The maximum atomic E-state index is 12.6. The SMILES string of the molecule is COCCOc1ccccc1NC(=O)N1CCC(Oc2ccccc2)CC1. The summed E-state index contributed by atoms with van der Waals surface area (Å²) in [4.78, 5) is 14.4. The molecule has 0 spiro atoms. The molecule has 2 aromatic rings. The van der Waals surface area contributed by atoms with Crippen LogP contribution in [0.5, 0.6) is 11.5 Å². The van der Waals surface area contributed by atoms with Crippen molar-refractivity contribution in [3.63, 3.8) is 0 Å². The quantitative estimate of drug-likeness (QED) is 0.754. The number of rotatable bonds is 7. The number of urea groups is 1. The van der Waals surface area contributed by atoms with Gasteiger partial charge in [-0.05, 0) is 24.3 Å². The van der Waals surface area contributed by atoms with Gasteiger partial charge in [-0.1, -0.05) is 30.3 Å². The molecule has 0 radical (unpaired) electrons. The van der Waals surface area contributed by atoms with E-state index < -0.39 is 0 Å². The molecule has 1 aliphatic heterocycles. The number of benzene rings is 2. The Morgan fingerprint density at radius 1 is 1.04 bits per heavy atom. The Morgan fingerprint density at radius 2 is 1.74 bits per heavy atom.